The van der Waals surface area contributed by atoms with Crippen molar-refractivity contribution in [2.24, 2.45) is 0 Å². The lowest BCUT2D eigenvalue weighted by atomic mass is 10.0. The molecule has 0 amide bonds. The molecule has 0 aliphatic carbocycles. The fraction of sp³-hybridized carbons (Fsp3) is 0.167. The molecule has 2 rings (SSSR count). The molecule has 0 spiro atoms. The molecule has 0 bridgehead atoms. The Hall–Kier alpha value is -2.37. The molecule has 5 nitrogen and oxygen atoms in total. The van der Waals surface area contributed by atoms with E-state index in [1.807, 2.05) is 0 Å². The van der Waals surface area contributed by atoms with Crippen molar-refractivity contribution in [3.05, 3.63) is 35.5 Å². The molecule has 0 aliphatic heterocycles. The van der Waals surface area contributed by atoms with Gasteiger partial charge in [0.15, 0.2) is 0 Å². The number of phenolic OH excluding ortho intramolecular Hbond substituents is 1. The zero-order valence-corrected chi connectivity index (χ0v) is 9.51. The van der Waals surface area contributed by atoms with Gasteiger partial charge >= 0.3 is 5.97 Å². The van der Waals surface area contributed by atoms with E-state index in [9.17, 15) is 14.3 Å². The summed E-state index contributed by atoms with van der Waals surface area (Å²) in [5, 5.41) is 24.4. The number of halogens is 1. The Morgan fingerprint density at radius 1 is 1.44 bits per heavy atom. The van der Waals surface area contributed by atoms with Gasteiger partial charge in [-0.05, 0) is 31.2 Å². The number of carboxylic acid groups (broad SMARTS) is 1. The number of rotatable bonds is 3. The summed E-state index contributed by atoms with van der Waals surface area (Å²) in [5.41, 5.74) is 1.02. The maximum absolute atomic E-state index is 13.2. The third-order valence-electron chi connectivity index (χ3n) is 2.56. The highest BCUT2D eigenvalue weighted by molar-refractivity contribution is 5.86. The molecule has 2 aromatic rings. The van der Waals surface area contributed by atoms with E-state index in [1.54, 1.807) is 6.07 Å². The van der Waals surface area contributed by atoms with Gasteiger partial charge < -0.3 is 10.2 Å². The minimum absolute atomic E-state index is 0.0482. The van der Waals surface area contributed by atoms with Crippen molar-refractivity contribution in [1.82, 2.24) is 10.2 Å². The predicted octanol–water partition coefficient (Wildman–Crippen LogP) is 2.51. The smallest absolute Gasteiger partial charge is 0.353 e. The standard InChI is InChI=1S/C12H11FN2O3/c1-6(13)8-4-7(2-3-11(8)16)9-5-10(12(17)18)15-14-9/h2-6,16H,1H3,(H,14,15)(H,17,18). The first kappa shape index (κ1) is 12.1. The predicted molar refractivity (Wildman–Crippen MR) is 62.2 cm³/mol. The zero-order valence-electron chi connectivity index (χ0n) is 9.51. The van der Waals surface area contributed by atoms with Crippen LogP contribution in [-0.4, -0.2) is 26.4 Å². The Bertz CT molecular complexity index is 593. The van der Waals surface area contributed by atoms with E-state index >= 15 is 0 Å². The number of nitrogens with one attached hydrogen (secondary N) is 1. The normalized spacial score (nSPS) is 12.3. The summed E-state index contributed by atoms with van der Waals surface area (Å²) in [6.07, 6.45) is -1.32. The number of hydrogen-bond donors (Lipinski definition) is 3. The van der Waals surface area contributed by atoms with Crippen LogP contribution in [0.1, 0.15) is 29.1 Å². The second-order valence-corrected chi connectivity index (χ2v) is 3.86. The van der Waals surface area contributed by atoms with Gasteiger partial charge in [0.05, 0.1) is 5.69 Å². The van der Waals surface area contributed by atoms with Gasteiger partial charge in [-0.3, -0.25) is 5.10 Å². The van der Waals surface area contributed by atoms with E-state index in [2.05, 4.69) is 10.2 Å². The highest BCUT2D eigenvalue weighted by Crippen LogP contribution is 2.31. The first-order chi connectivity index (χ1) is 8.49. The number of benzene rings is 1. The largest absolute Gasteiger partial charge is 0.508 e. The van der Waals surface area contributed by atoms with Crippen molar-refractivity contribution in [3.8, 4) is 17.0 Å². The monoisotopic (exact) mass is 250 g/mol. The lowest BCUT2D eigenvalue weighted by molar-refractivity contribution is 0.0690. The zero-order chi connectivity index (χ0) is 13.3. The number of carboxylic acids is 1. The number of aromatic hydroxyl groups is 1. The molecule has 0 saturated carbocycles. The van der Waals surface area contributed by atoms with E-state index < -0.39 is 12.1 Å². The van der Waals surface area contributed by atoms with E-state index in [0.717, 1.165) is 0 Å². The maximum Gasteiger partial charge on any atom is 0.353 e. The molecule has 1 aromatic heterocycles. The van der Waals surface area contributed by atoms with Crippen molar-refractivity contribution < 1.29 is 19.4 Å². The highest BCUT2D eigenvalue weighted by Gasteiger charge is 2.13. The van der Waals surface area contributed by atoms with Crippen LogP contribution in [0.2, 0.25) is 0 Å². The molecular formula is C12H11FN2O3. The van der Waals surface area contributed by atoms with Crippen LogP contribution in [0.3, 0.4) is 0 Å². The van der Waals surface area contributed by atoms with E-state index in [0.29, 0.717) is 11.3 Å². The van der Waals surface area contributed by atoms with Crippen LogP contribution in [-0.2, 0) is 0 Å². The molecule has 3 N–H and O–H groups in total. The van der Waals surface area contributed by atoms with Crippen LogP contribution in [0, 0.1) is 0 Å². The van der Waals surface area contributed by atoms with Gasteiger partial charge in [0.25, 0.3) is 0 Å². The van der Waals surface area contributed by atoms with Crippen molar-refractivity contribution in [2.45, 2.75) is 13.1 Å². The number of hydrogen-bond acceptors (Lipinski definition) is 3. The molecule has 0 saturated heterocycles. The first-order valence-electron chi connectivity index (χ1n) is 5.25. The summed E-state index contributed by atoms with van der Waals surface area (Å²) >= 11 is 0. The van der Waals surface area contributed by atoms with E-state index in [1.165, 1.54) is 25.1 Å². The molecule has 0 radical (unpaired) electrons. The van der Waals surface area contributed by atoms with E-state index in [4.69, 9.17) is 5.11 Å². The molecule has 0 fully saturated rings. The lowest BCUT2D eigenvalue weighted by Crippen LogP contribution is -1.95. The maximum atomic E-state index is 13.2. The van der Waals surface area contributed by atoms with Gasteiger partial charge in [-0.25, -0.2) is 9.18 Å². The van der Waals surface area contributed by atoms with Crippen LogP contribution in [0.15, 0.2) is 24.3 Å². The Morgan fingerprint density at radius 2 is 2.17 bits per heavy atom. The molecule has 1 atom stereocenters. The van der Waals surface area contributed by atoms with Gasteiger partial charge in [0, 0.05) is 11.1 Å². The molecule has 1 unspecified atom stereocenters. The van der Waals surface area contributed by atoms with Crippen molar-refractivity contribution in [2.75, 3.05) is 0 Å². The second kappa shape index (κ2) is 4.48. The summed E-state index contributed by atoms with van der Waals surface area (Å²) in [5.74, 6) is -1.26. The van der Waals surface area contributed by atoms with Gasteiger partial charge in [0.2, 0.25) is 0 Å². The van der Waals surface area contributed by atoms with Gasteiger partial charge in [-0.2, -0.15) is 5.10 Å². The van der Waals surface area contributed by atoms with Crippen LogP contribution < -0.4 is 0 Å². The minimum atomic E-state index is -1.32. The number of aromatic amines is 1. The SMILES string of the molecule is CC(F)c1cc(-c2cc(C(=O)O)[nH]n2)ccc1O. The highest BCUT2D eigenvalue weighted by atomic mass is 19.1. The fourth-order valence-electron chi connectivity index (χ4n) is 1.61. The lowest BCUT2D eigenvalue weighted by Gasteiger charge is -2.07. The number of carbonyl (C=O) groups is 1. The number of nitrogens with zero attached hydrogens (tertiary/aromatic N) is 1. The summed E-state index contributed by atoms with van der Waals surface area (Å²) < 4.78 is 13.2. The number of H-pyrrole nitrogens is 1. The number of aromatic carboxylic acids is 1. The van der Waals surface area contributed by atoms with Gasteiger partial charge in [-0.15, -0.1) is 0 Å². The fourth-order valence-corrected chi connectivity index (χ4v) is 1.61. The molecule has 6 heteroatoms. The summed E-state index contributed by atoms with van der Waals surface area (Å²) in [7, 11) is 0. The number of alkyl halides is 1. The van der Waals surface area contributed by atoms with E-state index in [-0.39, 0.29) is 17.0 Å². The molecule has 1 aromatic carbocycles. The molecule has 1 heterocycles. The third-order valence-corrected chi connectivity index (χ3v) is 2.56. The Kier molecular flexibility index (Phi) is 3.01. The Labute approximate surface area is 102 Å². The van der Waals surface area contributed by atoms with Crippen LogP contribution >= 0.6 is 0 Å². The van der Waals surface area contributed by atoms with Crippen molar-refractivity contribution in [1.29, 1.82) is 0 Å². The van der Waals surface area contributed by atoms with Gasteiger partial charge in [0.1, 0.15) is 17.6 Å². The first-order valence-corrected chi connectivity index (χ1v) is 5.25. The quantitative estimate of drug-likeness (QED) is 0.781. The van der Waals surface area contributed by atoms with Crippen LogP contribution in [0.25, 0.3) is 11.3 Å². The number of phenols is 1. The summed E-state index contributed by atoms with van der Waals surface area (Å²) in [6.45, 7) is 1.31. The van der Waals surface area contributed by atoms with Crippen LogP contribution in [0.4, 0.5) is 4.39 Å². The molecule has 94 valence electrons. The van der Waals surface area contributed by atoms with Crippen molar-refractivity contribution >= 4 is 5.97 Å². The van der Waals surface area contributed by atoms with Crippen LogP contribution in [0.5, 0.6) is 5.75 Å². The number of aromatic nitrogens is 2. The summed E-state index contributed by atoms with van der Waals surface area (Å²) in [4.78, 5) is 10.7. The average Bonchev–Trinajstić information content (AvgIpc) is 2.78. The topological polar surface area (TPSA) is 86.2 Å². The van der Waals surface area contributed by atoms with Gasteiger partial charge in [-0.1, -0.05) is 0 Å². The Morgan fingerprint density at radius 3 is 2.72 bits per heavy atom. The van der Waals surface area contributed by atoms with Crippen molar-refractivity contribution in [3.63, 3.8) is 0 Å². The summed E-state index contributed by atoms with van der Waals surface area (Å²) in [6, 6.07) is 5.70. The Balaban J connectivity index is 2.44. The second-order valence-electron chi connectivity index (χ2n) is 3.86. The average molecular weight is 250 g/mol. The minimum Gasteiger partial charge on any atom is -0.508 e. The molecule has 18 heavy (non-hydrogen) atoms. The molecular weight excluding hydrogens is 239 g/mol. The third kappa shape index (κ3) is 2.17. The molecule has 0 aliphatic rings.